The van der Waals surface area contributed by atoms with Crippen molar-refractivity contribution < 1.29 is 9.53 Å². The number of aromatic nitrogens is 1. The summed E-state index contributed by atoms with van der Waals surface area (Å²) in [6.45, 7) is 0.613. The van der Waals surface area contributed by atoms with E-state index < -0.39 is 0 Å². The van der Waals surface area contributed by atoms with Crippen LogP contribution in [0.3, 0.4) is 0 Å². The first-order valence-corrected chi connectivity index (χ1v) is 6.03. The fourth-order valence-corrected chi connectivity index (χ4v) is 1.80. The number of carbonyl (C=O) groups excluding carboxylic acids is 1. The van der Waals surface area contributed by atoms with Crippen LogP contribution in [0.2, 0.25) is 0 Å². The van der Waals surface area contributed by atoms with Crippen molar-refractivity contribution in [3.63, 3.8) is 0 Å². The van der Waals surface area contributed by atoms with Crippen LogP contribution in [0, 0.1) is 0 Å². The van der Waals surface area contributed by atoms with Crippen LogP contribution in [-0.2, 0) is 11.2 Å². The number of anilines is 2. The highest BCUT2D eigenvalue weighted by molar-refractivity contribution is 6.03. The molecule has 1 aromatic heterocycles. The van der Waals surface area contributed by atoms with Gasteiger partial charge in [-0.2, -0.15) is 0 Å². The SMILES string of the molecule is COCCc1ccccc1NC(=O)c1cc(N)c[nH]1. The van der Waals surface area contributed by atoms with Gasteiger partial charge in [0.2, 0.25) is 0 Å². The number of nitrogens with two attached hydrogens (primary N) is 1. The van der Waals surface area contributed by atoms with E-state index in [1.807, 2.05) is 24.3 Å². The molecule has 0 unspecified atom stereocenters. The Labute approximate surface area is 111 Å². The van der Waals surface area contributed by atoms with Crippen molar-refractivity contribution in [3.05, 3.63) is 47.8 Å². The Morgan fingerprint density at radius 1 is 1.42 bits per heavy atom. The van der Waals surface area contributed by atoms with Crippen LogP contribution in [0.4, 0.5) is 11.4 Å². The molecule has 0 spiro atoms. The van der Waals surface area contributed by atoms with Crippen LogP contribution in [-0.4, -0.2) is 24.6 Å². The van der Waals surface area contributed by atoms with E-state index in [1.165, 1.54) is 0 Å². The van der Waals surface area contributed by atoms with Crippen LogP contribution < -0.4 is 11.1 Å². The highest BCUT2D eigenvalue weighted by atomic mass is 16.5. The second kappa shape index (κ2) is 6.06. The molecule has 0 atom stereocenters. The molecule has 1 aromatic carbocycles. The Balaban J connectivity index is 2.12. The first-order valence-electron chi connectivity index (χ1n) is 6.03. The van der Waals surface area contributed by atoms with Gasteiger partial charge in [0.05, 0.1) is 6.61 Å². The van der Waals surface area contributed by atoms with Gasteiger partial charge in [0.1, 0.15) is 5.69 Å². The number of nitrogens with one attached hydrogen (secondary N) is 2. The van der Waals surface area contributed by atoms with E-state index in [0.29, 0.717) is 18.0 Å². The summed E-state index contributed by atoms with van der Waals surface area (Å²) in [5.74, 6) is -0.207. The van der Waals surface area contributed by atoms with Crippen LogP contribution in [0.25, 0.3) is 0 Å². The molecule has 0 aliphatic heterocycles. The number of amides is 1. The number of ether oxygens (including phenoxy) is 1. The molecule has 5 heteroatoms. The number of nitrogen functional groups attached to an aromatic ring is 1. The minimum atomic E-state index is -0.207. The molecule has 2 aromatic rings. The quantitative estimate of drug-likeness (QED) is 0.768. The number of H-pyrrole nitrogens is 1. The van der Waals surface area contributed by atoms with Crippen molar-refractivity contribution >= 4 is 17.3 Å². The fraction of sp³-hybridized carbons (Fsp3) is 0.214. The molecule has 1 amide bonds. The smallest absolute Gasteiger partial charge is 0.272 e. The number of benzene rings is 1. The van der Waals surface area contributed by atoms with Gasteiger partial charge < -0.3 is 20.8 Å². The predicted octanol–water partition coefficient (Wildman–Crippen LogP) is 2.04. The van der Waals surface area contributed by atoms with Gasteiger partial charge in [-0.05, 0) is 24.1 Å². The van der Waals surface area contributed by atoms with Crippen molar-refractivity contribution in [1.82, 2.24) is 4.98 Å². The zero-order valence-electron chi connectivity index (χ0n) is 10.8. The number of methoxy groups -OCH3 is 1. The normalized spacial score (nSPS) is 10.4. The molecule has 0 bridgehead atoms. The van der Waals surface area contributed by atoms with Gasteiger partial charge in [0.25, 0.3) is 5.91 Å². The molecule has 0 saturated carbocycles. The molecule has 0 aliphatic rings. The Morgan fingerprint density at radius 2 is 2.21 bits per heavy atom. The highest BCUT2D eigenvalue weighted by Crippen LogP contribution is 2.17. The third kappa shape index (κ3) is 3.35. The molecule has 0 radical (unpaired) electrons. The topological polar surface area (TPSA) is 80.1 Å². The average Bonchev–Trinajstić information content (AvgIpc) is 2.84. The maximum absolute atomic E-state index is 12.0. The van der Waals surface area contributed by atoms with Crippen molar-refractivity contribution in [1.29, 1.82) is 0 Å². The molecule has 100 valence electrons. The average molecular weight is 259 g/mol. The second-order valence-corrected chi connectivity index (χ2v) is 4.20. The van der Waals surface area contributed by atoms with E-state index in [0.717, 1.165) is 17.7 Å². The second-order valence-electron chi connectivity index (χ2n) is 4.20. The number of para-hydroxylation sites is 1. The predicted molar refractivity (Wildman–Crippen MR) is 75.2 cm³/mol. The molecule has 19 heavy (non-hydrogen) atoms. The van der Waals surface area contributed by atoms with Crippen LogP contribution in [0.1, 0.15) is 16.1 Å². The summed E-state index contributed by atoms with van der Waals surface area (Å²) in [5, 5.41) is 2.87. The van der Waals surface area contributed by atoms with Crippen molar-refractivity contribution in [2.45, 2.75) is 6.42 Å². The monoisotopic (exact) mass is 259 g/mol. The molecule has 5 nitrogen and oxygen atoms in total. The van der Waals surface area contributed by atoms with E-state index in [9.17, 15) is 4.79 Å². The van der Waals surface area contributed by atoms with Crippen LogP contribution in [0.5, 0.6) is 0 Å². The van der Waals surface area contributed by atoms with Crippen LogP contribution in [0.15, 0.2) is 36.5 Å². The lowest BCUT2D eigenvalue weighted by molar-refractivity contribution is 0.102. The first-order chi connectivity index (χ1) is 9.20. The summed E-state index contributed by atoms with van der Waals surface area (Å²) in [7, 11) is 1.66. The van der Waals surface area contributed by atoms with Gasteiger partial charge in [0, 0.05) is 24.7 Å². The Bertz CT molecular complexity index is 563. The summed E-state index contributed by atoms with van der Waals surface area (Å²) < 4.78 is 5.06. The van der Waals surface area contributed by atoms with E-state index in [2.05, 4.69) is 10.3 Å². The molecule has 4 N–H and O–H groups in total. The lowest BCUT2D eigenvalue weighted by Gasteiger charge is -2.10. The Morgan fingerprint density at radius 3 is 2.89 bits per heavy atom. The van der Waals surface area contributed by atoms with E-state index in [4.69, 9.17) is 10.5 Å². The van der Waals surface area contributed by atoms with Crippen LogP contribution >= 0.6 is 0 Å². The number of hydrogen-bond donors (Lipinski definition) is 3. The van der Waals surface area contributed by atoms with Gasteiger partial charge in [-0.15, -0.1) is 0 Å². The molecular formula is C14H17N3O2. The summed E-state index contributed by atoms with van der Waals surface area (Å²) in [6.07, 6.45) is 2.34. The fourth-order valence-electron chi connectivity index (χ4n) is 1.80. The standard InChI is InChI=1S/C14H17N3O2/c1-19-7-6-10-4-2-3-5-12(10)17-14(18)13-8-11(15)9-16-13/h2-5,8-9,16H,6-7,15H2,1H3,(H,17,18). The maximum atomic E-state index is 12.0. The minimum Gasteiger partial charge on any atom is -0.397 e. The van der Waals surface area contributed by atoms with E-state index in [1.54, 1.807) is 19.4 Å². The number of aromatic amines is 1. The van der Waals surface area contributed by atoms with E-state index in [-0.39, 0.29) is 5.91 Å². The van der Waals surface area contributed by atoms with Gasteiger partial charge >= 0.3 is 0 Å². The zero-order valence-corrected chi connectivity index (χ0v) is 10.8. The number of hydrogen-bond acceptors (Lipinski definition) is 3. The highest BCUT2D eigenvalue weighted by Gasteiger charge is 2.10. The largest absolute Gasteiger partial charge is 0.397 e. The molecule has 0 saturated heterocycles. The summed E-state index contributed by atoms with van der Waals surface area (Å²) >= 11 is 0. The minimum absolute atomic E-state index is 0.207. The van der Waals surface area contributed by atoms with Crippen molar-refractivity contribution in [3.8, 4) is 0 Å². The van der Waals surface area contributed by atoms with Gasteiger partial charge in [-0.3, -0.25) is 4.79 Å². The van der Waals surface area contributed by atoms with Gasteiger partial charge in [-0.1, -0.05) is 18.2 Å². The Kier molecular flexibility index (Phi) is 4.20. The summed E-state index contributed by atoms with van der Waals surface area (Å²) in [5.41, 5.74) is 8.39. The lowest BCUT2D eigenvalue weighted by Crippen LogP contribution is -2.14. The summed E-state index contributed by atoms with van der Waals surface area (Å²) in [4.78, 5) is 14.9. The third-order valence-electron chi connectivity index (χ3n) is 2.79. The van der Waals surface area contributed by atoms with Crippen molar-refractivity contribution in [2.24, 2.45) is 0 Å². The molecule has 0 aliphatic carbocycles. The van der Waals surface area contributed by atoms with Crippen molar-refractivity contribution in [2.75, 3.05) is 24.8 Å². The molecule has 0 fully saturated rings. The number of rotatable bonds is 5. The zero-order chi connectivity index (χ0) is 13.7. The molecular weight excluding hydrogens is 242 g/mol. The Hall–Kier alpha value is -2.27. The number of carbonyl (C=O) groups is 1. The third-order valence-corrected chi connectivity index (χ3v) is 2.79. The van der Waals surface area contributed by atoms with Gasteiger partial charge in [0.15, 0.2) is 0 Å². The van der Waals surface area contributed by atoms with Gasteiger partial charge in [-0.25, -0.2) is 0 Å². The molecule has 2 rings (SSSR count). The molecule has 1 heterocycles. The van der Waals surface area contributed by atoms with E-state index >= 15 is 0 Å². The lowest BCUT2D eigenvalue weighted by atomic mass is 10.1. The first kappa shape index (κ1) is 13.2. The summed E-state index contributed by atoms with van der Waals surface area (Å²) in [6, 6.07) is 9.27. The maximum Gasteiger partial charge on any atom is 0.272 e.